The molecule has 198 valence electrons. The van der Waals surface area contributed by atoms with Crippen LogP contribution in [0.25, 0.3) is 52.3 Å². The molecule has 0 saturated heterocycles. The van der Waals surface area contributed by atoms with Crippen LogP contribution in [0.5, 0.6) is 0 Å². The maximum absolute atomic E-state index is 2.40. The summed E-state index contributed by atoms with van der Waals surface area (Å²) in [7, 11) is 0. The van der Waals surface area contributed by atoms with E-state index in [4.69, 9.17) is 0 Å². The van der Waals surface area contributed by atoms with Crippen molar-refractivity contribution in [2.45, 2.75) is 5.92 Å². The van der Waals surface area contributed by atoms with E-state index in [0.29, 0.717) is 14.5 Å². The van der Waals surface area contributed by atoms with Crippen LogP contribution in [0.15, 0.2) is 164 Å². The van der Waals surface area contributed by atoms with E-state index in [1.54, 1.807) is 0 Å². The normalized spacial score (nSPS) is 12.2. The SMILES string of the molecule is c1ccc(-c2ccc(C(c3ccccc3)c3ccccc3-c3ccc4c(ccc5c6ccccc6[se]c45)c3)cc2)cc1. The van der Waals surface area contributed by atoms with E-state index in [2.05, 4.69) is 164 Å². The van der Waals surface area contributed by atoms with Gasteiger partial charge < -0.3 is 0 Å². The molecule has 0 amide bonds. The molecule has 0 radical (unpaired) electrons. The van der Waals surface area contributed by atoms with Crippen LogP contribution in [0.3, 0.4) is 0 Å². The predicted octanol–water partition coefficient (Wildman–Crippen LogP) is 10.7. The second-order valence-corrected chi connectivity index (χ2v) is 13.1. The third-order valence-corrected chi connectivity index (χ3v) is 11.0. The molecule has 8 rings (SSSR count). The minimum absolute atomic E-state index is 0.126. The van der Waals surface area contributed by atoms with Crippen molar-refractivity contribution in [3.8, 4) is 22.3 Å². The first-order chi connectivity index (χ1) is 20.8. The maximum Gasteiger partial charge on any atom is -0.0544 e. The predicted molar refractivity (Wildman–Crippen MR) is 181 cm³/mol. The van der Waals surface area contributed by atoms with Gasteiger partial charge in [-0.2, -0.15) is 0 Å². The molecule has 0 fully saturated rings. The van der Waals surface area contributed by atoms with Gasteiger partial charge in [0.05, 0.1) is 0 Å². The number of fused-ring (bicyclic) bond motifs is 5. The van der Waals surface area contributed by atoms with Crippen LogP contribution < -0.4 is 0 Å². The van der Waals surface area contributed by atoms with Gasteiger partial charge in [0.15, 0.2) is 0 Å². The summed E-state index contributed by atoms with van der Waals surface area (Å²) < 4.78 is 3.01. The number of hydrogen-bond acceptors (Lipinski definition) is 0. The average molecular weight is 600 g/mol. The van der Waals surface area contributed by atoms with Gasteiger partial charge in [0.2, 0.25) is 0 Å². The number of benzene rings is 7. The van der Waals surface area contributed by atoms with Crippen molar-refractivity contribution in [2.75, 3.05) is 0 Å². The van der Waals surface area contributed by atoms with Crippen LogP contribution >= 0.6 is 0 Å². The molecule has 1 aromatic heterocycles. The molecular weight excluding hydrogens is 571 g/mol. The zero-order valence-electron chi connectivity index (χ0n) is 23.1. The Morgan fingerprint density at radius 2 is 1.02 bits per heavy atom. The number of hydrogen-bond donors (Lipinski definition) is 0. The van der Waals surface area contributed by atoms with Gasteiger partial charge in [0.25, 0.3) is 0 Å². The molecular formula is C41H28Se. The van der Waals surface area contributed by atoms with Crippen molar-refractivity contribution in [1.82, 2.24) is 0 Å². The number of rotatable bonds is 5. The molecule has 1 heterocycles. The van der Waals surface area contributed by atoms with E-state index in [0.717, 1.165) is 0 Å². The first kappa shape index (κ1) is 25.1. The van der Waals surface area contributed by atoms with Crippen LogP contribution in [-0.2, 0) is 0 Å². The molecule has 0 nitrogen and oxygen atoms in total. The molecule has 1 heteroatoms. The minimum atomic E-state index is 0.126. The van der Waals surface area contributed by atoms with Gasteiger partial charge in [-0.1, -0.05) is 30.3 Å². The van der Waals surface area contributed by atoms with Crippen LogP contribution in [-0.4, -0.2) is 14.5 Å². The quantitative estimate of drug-likeness (QED) is 0.136. The summed E-state index contributed by atoms with van der Waals surface area (Å²) in [5.74, 6) is 0.126. The first-order valence-electron chi connectivity index (χ1n) is 14.5. The fourth-order valence-electron chi connectivity index (χ4n) is 6.39. The summed E-state index contributed by atoms with van der Waals surface area (Å²) in [5.41, 5.74) is 8.97. The molecule has 0 spiro atoms. The summed E-state index contributed by atoms with van der Waals surface area (Å²) in [6, 6.07) is 60.3. The van der Waals surface area contributed by atoms with Gasteiger partial charge >= 0.3 is 217 Å². The molecule has 0 saturated carbocycles. The van der Waals surface area contributed by atoms with Gasteiger partial charge in [-0.15, -0.1) is 0 Å². The Morgan fingerprint density at radius 3 is 1.86 bits per heavy atom. The van der Waals surface area contributed by atoms with Gasteiger partial charge in [0, 0.05) is 0 Å². The topological polar surface area (TPSA) is 0 Å². The molecule has 0 N–H and O–H groups in total. The molecule has 8 aromatic rings. The van der Waals surface area contributed by atoms with Crippen LogP contribution in [0.1, 0.15) is 22.6 Å². The second kappa shape index (κ2) is 10.6. The summed E-state index contributed by atoms with van der Waals surface area (Å²) in [6.07, 6.45) is 0. The standard InChI is InChI=1S/C41H28Se/c1-3-11-28(12-4-1)29-19-21-31(22-20-29)40(30-13-5-2-6-14-30)37-17-8-7-15-34(37)32-23-25-35-33(27-32)24-26-38-36-16-9-10-18-39(36)42-41(35)38/h1-27,40H. The molecule has 0 aliphatic rings. The van der Waals surface area contributed by atoms with E-state index in [9.17, 15) is 0 Å². The van der Waals surface area contributed by atoms with Crippen LogP contribution in [0.4, 0.5) is 0 Å². The van der Waals surface area contributed by atoms with Crippen LogP contribution in [0.2, 0.25) is 0 Å². The summed E-state index contributed by atoms with van der Waals surface area (Å²) >= 11 is 0.342. The van der Waals surface area contributed by atoms with Crippen molar-refractivity contribution < 1.29 is 0 Å². The fourth-order valence-corrected chi connectivity index (χ4v) is 8.98. The van der Waals surface area contributed by atoms with Crippen molar-refractivity contribution in [3.05, 3.63) is 180 Å². The van der Waals surface area contributed by atoms with Gasteiger partial charge in [-0.25, -0.2) is 0 Å². The summed E-state index contributed by atoms with van der Waals surface area (Å²) in [5, 5.41) is 5.53. The van der Waals surface area contributed by atoms with E-state index < -0.39 is 0 Å². The average Bonchev–Trinajstić information content (AvgIpc) is 3.45. The molecule has 7 aromatic carbocycles. The molecule has 0 aliphatic carbocycles. The Bertz CT molecular complexity index is 2170. The largest absolute Gasteiger partial charge is 0.0617 e. The van der Waals surface area contributed by atoms with E-state index in [-0.39, 0.29) is 5.92 Å². The molecule has 0 bridgehead atoms. The third-order valence-electron chi connectivity index (χ3n) is 8.43. The van der Waals surface area contributed by atoms with Crippen molar-refractivity contribution >= 4 is 44.6 Å². The second-order valence-electron chi connectivity index (χ2n) is 10.9. The zero-order valence-corrected chi connectivity index (χ0v) is 24.8. The first-order valence-corrected chi connectivity index (χ1v) is 16.2. The summed E-state index contributed by atoms with van der Waals surface area (Å²) in [6.45, 7) is 0. The van der Waals surface area contributed by atoms with Crippen molar-refractivity contribution in [1.29, 1.82) is 0 Å². The fraction of sp³-hybridized carbons (Fsp3) is 0.0244. The minimum Gasteiger partial charge on any atom is -0.0617 e. The Balaban J connectivity index is 1.26. The van der Waals surface area contributed by atoms with Gasteiger partial charge in [-0.05, 0) is 5.56 Å². The van der Waals surface area contributed by atoms with Crippen molar-refractivity contribution in [2.24, 2.45) is 0 Å². The molecule has 1 atom stereocenters. The van der Waals surface area contributed by atoms with Gasteiger partial charge in [-0.3, -0.25) is 0 Å². The summed E-state index contributed by atoms with van der Waals surface area (Å²) in [4.78, 5) is 0. The van der Waals surface area contributed by atoms with E-state index >= 15 is 0 Å². The Kier molecular flexibility index (Phi) is 6.34. The zero-order chi connectivity index (χ0) is 27.9. The van der Waals surface area contributed by atoms with Crippen LogP contribution in [0, 0.1) is 0 Å². The molecule has 42 heavy (non-hydrogen) atoms. The van der Waals surface area contributed by atoms with Crippen molar-refractivity contribution in [3.63, 3.8) is 0 Å². The van der Waals surface area contributed by atoms with E-state index in [1.807, 2.05) is 0 Å². The smallest absolute Gasteiger partial charge is 0.0544 e. The Hall–Kier alpha value is -4.68. The Morgan fingerprint density at radius 1 is 0.405 bits per heavy atom. The third kappa shape index (κ3) is 4.39. The molecule has 1 unspecified atom stereocenters. The van der Waals surface area contributed by atoms with E-state index in [1.165, 1.54) is 69.0 Å². The maximum atomic E-state index is 2.40. The van der Waals surface area contributed by atoms with Gasteiger partial charge in [0.1, 0.15) is 0 Å². The Labute approximate surface area is 252 Å². The molecule has 0 aliphatic heterocycles. The monoisotopic (exact) mass is 600 g/mol.